The van der Waals surface area contributed by atoms with Gasteiger partial charge in [0.1, 0.15) is 47.3 Å². The molecule has 0 fully saturated rings. The number of halogens is 2. The molecule has 464 valence electrons. The van der Waals surface area contributed by atoms with Gasteiger partial charge in [0.25, 0.3) is 5.91 Å². The Morgan fingerprint density at radius 1 is 0.565 bits per heavy atom. The van der Waals surface area contributed by atoms with Crippen molar-refractivity contribution in [3.8, 4) is 5.75 Å². The maximum atomic E-state index is 14.5. The fourth-order valence-corrected chi connectivity index (χ4v) is 9.95. The Hall–Kier alpha value is -7.97. The number of hydrogen-bond acceptors (Lipinski definition) is 14. The van der Waals surface area contributed by atoms with Crippen molar-refractivity contribution in [3.63, 3.8) is 0 Å². The van der Waals surface area contributed by atoms with Crippen LogP contribution in [0.25, 0.3) is 0 Å². The average Bonchev–Trinajstić information content (AvgIpc) is 3.47. The van der Waals surface area contributed by atoms with Crippen LogP contribution in [0.2, 0.25) is 10.0 Å². The number of carbonyl (C=O) groups excluding carboxylic acids is 10. The number of unbranched alkanes of at least 4 members (excludes halogenated alkanes) is 1. The second-order valence-electron chi connectivity index (χ2n) is 21.0. The minimum absolute atomic E-state index is 0.00302. The molecule has 0 saturated heterocycles. The van der Waals surface area contributed by atoms with Gasteiger partial charge in [-0.25, -0.2) is 0 Å². The lowest BCUT2D eigenvalue weighted by Gasteiger charge is -2.28. The van der Waals surface area contributed by atoms with Crippen molar-refractivity contribution in [3.05, 3.63) is 94.0 Å². The maximum absolute atomic E-state index is 14.5. The number of thioether (sulfide) groups is 1. The number of nitrogens with one attached hydrogen (secondary N) is 9. The standard InChI is InChI=1S/C57H76Cl2N10O15S/c1-30(2)22-41(67-56(82)49(32(5)6)69-46(73)28-62-51(77)34-12-8-7-9-13-34)55(81)64-39(14-10-11-21-61-44(71)27-43(57(83)84)85-38-25-35(58)24-36(59)26-38)53(79)65-40(19-20-47(74)75)54(80)66-42(23-33-15-17-37(70)18-16-33)52(78)63-29-45(72)68-48(31(3)4)50(60)76/h7-9,12-13,15-18,24-26,30-32,39-43,48-49,70H,10-11,14,19-23,27-29H2,1-6H3,(H2,60,76)(H,61,71)(H,62,77)(H,63,78)(H,64,81)(H,65,79)(H,66,80)(H,67,82)(H,68,72)(H,69,73)(H,74,75)(H,83,84)/t39-,40-,41-,42-,43+,48-,49-/m0/s1. The molecule has 0 radical (unpaired) electrons. The third-order valence-corrected chi connectivity index (χ3v) is 14.3. The smallest absolute Gasteiger partial charge is 0.317 e. The van der Waals surface area contributed by atoms with Gasteiger partial charge in [-0.3, -0.25) is 57.5 Å². The van der Waals surface area contributed by atoms with Crippen molar-refractivity contribution in [1.29, 1.82) is 0 Å². The van der Waals surface area contributed by atoms with Gasteiger partial charge < -0.3 is 68.9 Å². The fourth-order valence-electron chi connectivity index (χ4n) is 8.24. The van der Waals surface area contributed by atoms with Crippen molar-refractivity contribution >= 4 is 106 Å². The fraction of sp³-hybridized carbons (Fsp3) is 0.474. The summed E-state index contributed by atoms with van der Waals surface area (Å²) < 4.78 is 0. The summed E-state index contributed by atoms with van der Waals surface area (Å²) >= 11 is 13.0. The number of phenolic OH excluding ortho intramolecular Hbond substituents is 1. The molecule has 0 unspecified atom stereocenters. The molecular weight excluding hydrogens is 1170 g/mol. The van der Waals surface area contributed by atoms with E-state index in [4.69, 9.17) is 28.9 Å². The third kappa shape index (κ3) is 26.7. The highest BCUT2D eigenvalue weighted by atomic mass is 35.5. The van der Waals surface area contributed by atoms with Crippen LogP contribution in [0.15, 0.2) is 77.7 Å². The molecule has 0 saturated carbocycles. The summed E-state index contributed by atoms with van der Waals surface area (Å²) in [5, 5.41) is 51.7. The van der Waals surface area contributed by atoms with E-state index in [1.807, 2.05) is 0 Å². The molecule has 3 aromatic rings. The van der Waals surface area contributed by atoms with E-state index in [2.05, 4.69) is 47.9 Å². The summed E-state index contributed by atoms with van der Waals surface area (Å²) in [5.41, 5.74) is 6.13. The van der Waals surface area contributed by atoms with E-state index >= 15 is 0 Å². The van der Waals surface area contributed by atoms with Crippen molar-refractivity contribution < 1.29 is 72.9 Å². The second kappa shape index (κ2) is 36.0. The lowest BCUT2D eigenvalue weighted by molar-refractivity contribution is -0.139. The Bertz CT molecular complexity index is 2810. The van der Waals surface area contributed by atoms with E-state index in [1.54, 1.807) is 71.9 Å². The lowest BCUT2D eigenvalue weighted by atomic mass is 9.99. The first-order chi connectivity index (χ1) is 40.0. The molecule has 0 aliphatic carbocycles. The number of carboxylic acids is 2. The molecule has 3 aromatic carbocycles. The monoisotopic (exact) mass is 1240 g/mol. The maximum Gasteiger partial charge on any atom is 0.317 e. The topological polar surface area (TPSA) is 400 Å². The van der Waals surface area contributed by atoms with Crippen molar-refractivity contribution in [1.82, 2.24) is 47.9 Å². The Balaban J connectivity index is 1.92. The van der Waals surface area contributed by atoms with E-state index in [0.717, 1.165) is 11.8 Å². The number of carbonyl (C=O) groups is 12. The van der Waals surface area contributed by atoms with Crippen molar-refractivity contribution in [2.75, 3.05) is 19.6 Å². The third-order valence-electron chi connectivity index (χ3n) is 12.7. The van der Waals surface area contributed by atoms with Gasteiger partial charge in [-0.1, -0.05) is 95.1 Å². The van der Waals surface area contributed by atoms with Crippen LogP contribution in [-0.4, -0.2) is 147 Å². The van der Waals surface area contributed by atoms with E-state index in [9.17, 15) is 72.9 Å². The predicted molar refractivity (Wildman–Crippen MR) is 316 cm³/mol. The molecular formula is C57H76Cl2N10O15S. The van der Waals surface area contributed by atoms with Crippen LogP contribution < -0.4 is 53.6 Å². The number of rotatable bonds is 36. The largest absolute Gasteiger partial charge is 0.508 e. The van der Waals surface area contributed by atoms with E-state index in [-0.39, 0.29) is 60.4 Å². The SMILES string of the molecule is CC(C)C[C@H](NC(=O)[C@@H](NC(=O)CNC(=O)c1ccccc1)C(C)C)C(=O)N[C@@H](CCCCNC(=O)C[C@@H](Sc1cc(Cl)cc(Cl)c1)C(=O)O)C(=O)N[C@@H](CCC(=O)O)C(=O)N[C@@H](Cc1ccc(O)cc1)C(=O)NCC(=O)N[C@H](C(N)=O)C(C)C. The van der Waals surface area contributed by atoms with Crippen LogP contribution in [0.4, 0.5) is 0 Å². The number of primary amides is 1. The lowest BCUT2D eigenvalue weighted by Crippen LogP contribution is -2.60. The van der Waals surface area contributed by atoms with E-state index in [0.29, 0.717) is 16.0 Å². The quantitative estimate of drug-likeness (QED) is 0.0293. The number of nitrogens with two attached hydrogens (primary N) is 1. The summed E-state index contributed by atoms with van der Waals surface area (Å²) in [6.07, 6.45) is -1.94. The minimum atomic E-state index is -1.70. The van der Waals surface area contributed by atoms with Gasteiger partial charge in [0.05, 0.1) is 13.1 Å². The number of aliphatic carboxylic acids is 2. The van der Waals surface area contributed by atoms with Crippen LogP contribution in [0.1, 0.15) is 102 Å². The molecule has 0 aliphatic rings. The molecule has 25 nitrogen and oxygen atoms in total. The van der Waals surface area contributed by atoms with Gasteiger partial charge >= 0.3 is 11.9 Å². The number of benzene rings is 3. The molecule has 85 heavy (non-hydrogen) atoms. The zero-order chi connectivity index (χ0) is 63.5. The minimum Gasteiger partial charge on any atom is -0.508 e. The van der Waals surface area contributed by atoms with Gasteiger partial charge in [0, 0.05) is 46.3 Å². The Labute approximate surface area is 506 Å². The van der Waals surface area contributed by atoms with Crippen LogP contribution in [-0.2, 0) is 59.2 Å². The first kappa shape index (κ1) is 71.3. The highest BCUT2D eigenvalue weighted by molar-refractivity contribution is 8.00. The molecule has 0 aromatic heterocycles. The first-order valence-electron chi connectivity index (χ1n) is 27.4. The number of phenols is 1. The van der Waals surface area contributed by atoms with Crippen LogP contribution in [0.5, 0.6) is 5.75 Å². The number of carboxylic acid groups (broad SMARTS) is 2. The van der Waals surface area contributed by atoms with Crippen molar-refractivity contribution in [2.45, 2.75) is 139 Å². The summed E-state index contributed by atoms with van der Waals surface area (Å²) in [7, 11) is 0. The molecule has 0 bridgehead atoms. The molecule has 0 heterocycles. The van der Waals surface area contributed by atoms with Gasteiger partial charge in [0.2, 0.25) is 53.2 Å². The number of aromatic hydroxyl groups is 1. The first-order valence-corrected chi connectivity index (χ1v) is 29.0. The summed E-state index contributed by atoms with van der Waals surface area (Å²) in [4.78, 5) is 159. The highest BCUT2D eigenvalue weighted by Crippen LogP contribution is 2.31. The average molecular weight is 1240 g/mol. The van der Waals surface area contributed by atoms with E-state index in [1.165, 1.54) is 42.5 Å². The van der Waals surface area contributed by atoms with Crippen LogP contribution in [0, 0.1) is 17.8 Å². The zero-order valence-corrected chi connectivity index (χ0v) is 50.3. The number of amides is 10. The van der Waals surface area contributed by atoms with Crippen molar-refractivity contribution in [2.24, 2.45) is 23.5 Å². The molecule has 0 aliphatic heterocycles. The molecule has 14 N–H and O–H groups in total. The predicted octanol–water partition coefficient (Wildman–Crippen LogP) is 2.33. The molecule has 28 heteroatoms. The Morgan fingerprint density at radius 2 is 1.09 bits per heavy atom. The normalized spacial score (nSPS) is 13.5. The highest BCUT2D eigenvalue weighted by Gasteiger charge is 2.35. The van der Waals surface area contributed by atoms with Crippen LogP contribution >= 0.6 is 35.0 Å². The molecule has 0 spiro atoms. The summed E-state index contributed by atoms with van der Waals surface area (Å²) in [6.45, 7) is 8.87. The van der Waals surface area contributed by atoms with E-state index < -0.39 is 157 Å². The molecule has 10 amide bonds. The van der Waals surface area contributed by atoms with Gasteiger partial charge in [-0.05, 0) is 97.9 Å². The zero-order valence-electron chi connectivity index (χ0n) is 48.0. The second-order valence-corrected chi connectivity index (χ2v) is 23.2. The van der Waals surface area contributed by atoms with Crippen LogP contribution in [0.3, 0.4) is 0 Å². The summed E-state index contributed by atoms with van der Waals surface area (Å²) in [5.74, 6) is -12.2. The Kier molecular flexibility index (Phi) is 30.2. The van der Waals surface area contributed by atoms with Gasteiger partial charge in [-0.15, -0.1) is 11.8 Å². The summed E-state index contributed by atoms with van der Waals surface area (Å²) in [6, 6.07) is 9.70. The Morgan fingerprint density at radius 3 is 1.64 bits per heavy atom. The molecule has 7 atom stereocenters. The molecule has 3 rings (SSSR count). The van der Waals surface area contributed by atoms with Gasteiger partial charge in [-0.2, -0.15) is 0 Å². The van der Waals surface area contributed by atoms with Gasteiger partial charge in [0.15, 0.2) is 0 Å². The number of hydrogen-bond donors (Lipinski definition) is 13.